The van der Waals surface area contributed by atoms with Gasteiger partial charge in [-0.15, -0.1) is 4.40 Å². The standard InChI is InChI=1S/C25H24FN3O4S/c1-29-15-5-10-24(29)28-34(31,32)21-7-4-6-20(16-21)27-25(30)22-8-2-3-9-23(22)33-17-18-11-13-19(26)14-12-18/h2-4,6-9,11-14,16H,5,10,15,17H2,1H3,(H,27,30). The van der Waals surface area contributed by atoms with E-state index in [0.29, 0.717) is 23.7 Å². The fourth-order valence-corrected chi connectivity index (χ4v) is 4.70. The summed E-state index contributed by atoms with van der Waals surface area (Å²) < 4.78 is 48.4. The quantitative estimate of drug-likeness (QED) is 0.538. The van der Waals surface area contributed by atoms with Crippen molar-refractivity contribution in [3.8, 4) is 5.75 Å². The summed E-state index contributed by atoms with van der Waals surface area (Å²) in [7, 11) is -2.09. The maximum Gasteiger partial charge on any atom is 0.284 e. The van der Waals surface area contributed by atoms with Gasteiger partial charge in [-0.1, -0.05) is 30.3 Å². The van der Waals surface area contributed by atoms with Gasteiger partial charge in [0, 0.05) is 25.7 Å². The van der Waals surface area contributed by atoms with E-state index in [1.807, 2.05) is 11.9 Å². The lowest BCUT2D eigenvalue weighted by molar-refractivity contribution is 0.102. The van der Waals surface area contributed by atoms with E-state index in [9.17, 15) is 17.6 Å². The maximum absolute atomic E-state index is 13.1. The molecular weight excluding hydrogens is 457 g/mol. The molecule has 1 aliphatic heterocycles. The average molecular weight is 482 g/mol. The first-order valence-corrected chi connectivity index (χ1v) is 12.2. The second kappa shape index (κ2) is 10.0. The zero-order chi connectivity index (χ0) is 24.1. The van der Waals surface area contributed by atoms with E-state index in [2.05, 4.69) is 9.71 Å². The molecule has 1 heterocycles. The number of nitrogens with zero attached hydrogens (tertiary/aromatic N) is 2. The van der Waals surface area contributed by atoms with Crippen LogP contribution in [-0.2, 0) is 16.6 Å². The van der Waals surface area contributed by atoms with Crippen LogP contribution in [0.1, 0.15) is 28.8 Å². The van der Waals surface area contributed by atoms with E-state index in [1.165, 1.54) is 24.3 Å². The third kappa shape index (κ3) is 5.60. The van der Waals surface area contributed by atoms with Crippen LogP contribution in [0.15, 0.2) is 82.1 Å². The number of benzene rings is 3. The van der Waals surface area contributed by atoms with E-state index < -0.39 is 15.9 Å². The van der Waals surface area contributed by atoms with Gasteiger partial charge in [-0.3, -0.25) is 4.79 Å². The molecule has 0 aromatic heterocycles. The Balaban J connectivity index is 1.50. The van der Waals surface area contributed by atoms with E-state index >= 15 is 0 Å². The molecule has 0 bridgehead atoms. The van der Waals surface area contributed by atoms with Crippen LogP contribution in [-0.4, -0.2) is 38.7 Å². The molecule has 176 valence electrons. The number of hydrogen-bond acceptors (Lipinski definition) is 4. The van der Waals surface area contributed by atoms with Crippen molar-refractivity contribution in [2.45, 2.75) is 24.3 Å². The summed E-state index contributed by atoms with van der Waals surface area (Å²) in [5.41, 5.74) is 1.36. The minimum atomic E-state index is -3.91. The zero-order valence-electron chi connectivity index (χ0n) is 18.6. The predicted molar refractivity (Wildman–Crippen MR) is 128 cm³/mol. The largest absolute Gasteiger partial charge is 0.488 e. The topological polar surface area (TPSA) is 88.1 Å². The molecule has 0 radical (unpaired) electrons. The van der Waals surface area contributed by atoms with E-state index in [4.69, 9.17) is 4.74 Å². The molecule has 3 aromatic carbocycles. The van der Waals surface area contributed by atoms with Gasteiger partial charge >= 0.3 is 0 Å². The van der Waals surface area contributed by atoms with Gasteiger partial charge in [0.1, 0.15) is 24.0 Å². The van der Waals surface area contributed by atoms with Gasteiger partial charge in [0.2, 0.25) is 0 Å². The highest BCUT2D eigenvalue weighted by Gasteiger charge is 2.21. The summed E-state index contributed by atoms with van der Waals surface area (Å²) >= 11 is 0. The zero-order valence-corrected chi connectivity index (χ0v) is 19.4. The van der Waals surface area contributed by atoms with Gasteiger partial charge in [0.25, 0.3) is 15.9 Å². The summed E-state index contributed by atoms with van der Waals surface area (Å²) in [6, 6.07) is 18.6. The Morgan fingerprint density at radius 2 is 1.85 bits per heavy atom. The van der Waals surface area contributed by atoms with Gasteiger partial charge < -0.3 is 15.0 Å². The Bertz CT molecular complexity index is 1320. The molecular formula is C25H24FN3O4S. The summed E-state index contributed by atoms with van der Waals surface area (Å²) in [5, 5.41) is 2.73. The molecule has 0 spiro atoms. The number of hydrogen-bond donors (Lipinski definition) is 1. The minimum Gasteiger partial charge on any atom is -0.488 e. The molecule has 4 rings (SSSR count). The number of para-hydroxylation sites is 1. The molecule has 9 heteroatoms. The van der Waals surface area contributed by atoms with Crippen LogP contribution >= 0.6 is 0 Å². The molecule has 34 heavy (non-hydrogen) atoms. The lowest BCUT2D eigenvalue weighted by Gasteiger charge is -2.13. The highest BCUT2D eigenvalue weighted by atomic mass is 32.2. The van der Waals surface area contributed by atoms with Crippen LogP contribution < -0.4 is 10.1 Å². The van der Waals surface area contributed by atoms with Crippen molar-refractivity contribution in [3.63, 3.8) is 0 Å². The fourth-order valence-electron chi connectivity index (χ4n) is 3.56. The average Bonchev–Trinajstić information content (AvgIpc) is 3.22. The number of likely N-dealkylation sites (tertiary alicyclic amines) is 1. The Labute approximate surface area is 198 Å². The number of ether oxygens (including phenoxy) is 1. The second-order valence-electron chi connectivity index (χ2n) is 7.90. The molecule has 0 aliphatic carbocycles. The third-order valence-electron chi connectivity index (χ3n) is 5.39. The minimum absolute atomic E-state index is 0.000977. The van der Waals surface area contributed by atoms with Crippen molar-refractivity contribution in [1.29, 1.82) is 0 Å². The lowest BCUT2D eigenvalue weighted by Crippen LogP contribution is -2.20. The van der Waals surface area contributed by atoms with Gasteiger partial charge in [-0.2, -0.15) is 8.42 Å². The Morgan fingerprint density at radius 3 is 2.59 bits per heavy atom. The van der Waals surface area contributed by atoms with Crippen molar-refractivity contribution in [2.75, 3.05) is 18.9 Å². The molecule has 7 nitrogen and oxygen atoms in total. The number of carbonyl (C=O) groups is 1. The molecule has 0 unspecified atom stereocenters. The monoisotopic (exact) mass is 481 g/mol. The number of rotatable bonds is 7. The van der Waals surface area contributed by atoms with Crippen LogP contribution in [0.3, 0.4) is 0 Å². The lowest BCUT2D eigenvalue weighted by atomic mass is 10.1. The van der Waals surface area contributed by atoms with Crippen molar-refractivity contribution >= 4 is 27.5 Å². The molecule has 3 aromatic rings. The number of halogens is 1. The number of anilines is 1. The van der Waals surface area contributed by atoms with Crippen molar-refractivity contribution in [1.82, 2.24) is 4.90 Å². The van der Waals surface area contributed by atoms with Gasteiger partial charge in [0.15, 0.2) is 0 Å². The molecule has 1 aliphatic rings. The molecule has 1 N–H and O–H groups in total. The first-order chi connectivity index (χ1) is 16.3. The Kier molecular flexibility index (Phi) is 6.93. The second-order valence-corrected chi connectivity index (χ2v) is 9.51. The molecule has 0 atom stereocenters. The van der Waals surface area contributed by atoms with Crippen LogP contribution in [0, 0.1) is 5.82 Å². The van der Waals surface area contributed by atoms with Crippen LogP contribution in [0.2, 0.25) is 0 Å². The Hall–Kier alpha value is -3.72. The first kappa shape index (κ1) is 23.4. The molecule has 0 saturated carbocycles. The van der Waals surface area contributed by atoms with Crippen molar-refractivity contribution < 1.29 is 22.3 Å². The SMILES string of the molecule is CN1CCCC1=NS(=O)(=O)c1cccc(NC(=O)c2ccccc2OCc2ccc(F)cc2)c1. The van der Waals surface area contributed by atoms with Crippen LogP contribution in [0.25, 0.3) is 0 Å². The van der Waals surface area contributed by atoms with Crippen molar-refractivity contribution in [2.24, 2.45) is 4.40 Å². The number of amidine groups is 1. The normalized spacial score (nSPS) is 14.9. The Morgan fingerprint density at radius 1 is 1.09 bits per heavy atom. The summed E-state index contributed by atoms with van der Waals surface area (Å²) in [4.78, 5) is 14.8. The van der Waals surface area contributed by atoms with Crippen LogP contribution in [0.4, 0.5) is 10.1 Å². The highest BCUT2D eigenvalue weighted by Crippen LogP contribution is 2.23. The molecule has 1 saturated heterocycles. The number of nitrogens with one attached hydrogen (secondary N) is 1. The van der Waals surface area contributed by atoms with Crippen LogP contribution in [0.5, 0.6) is 5.75 Å². The summed E-state index contributed by atoms with van der Waals surface area (Å²) in [5.74, 6) is 0.0889. The van der Waals surface area contributed by atoms with E-state index in [-0.39, 0.29) is 22.9 Å². The predicted octanol–water partition coefficient (Wildman–Crippen LogP) is 4.47. The first-order valence-electron chi connectivity index (χ1n) is 10.7. The number of carbonyl (C=O) groups excluding carboxylic acids is 1. The van der Waals surface area contributed by atoms with Crippen molar-refractivity contribution in [3.05, 3.63) is 89.7 Å². The van der Waals surface area contributed by atoms with E-state index in [0.717, 1.165) is 18.5 Å². The number of sulfonamides is 1. The molecule has 1 fully saturated rings. The van der Waals surface area contributed by atoms with Gasteiger partial charge in [-0.25, -0.2) is 4.39 Å². The third-order valence-corrected chi connectivity index (χ3v) is 6.69. The summed E-state index contributed by atoms with van der Waals surface area (Å²) in [6.45, 7) is 0.931. The summed E-state index contributed by atoms with van der Waals surface area (Å²) in [6.07, 6.45) is 1.48. The van der Waals surface area contributed by atoms with E-state index in [1.54, 1.807) is 48.5 Å². The molecule has 1 amide bonds. The van der Waals surface area contributed by atoms with Gasteiger partial charge in [0.05, 0.1) is 10.5 Å². The fraction of sp³-hybridized carbons (Fsp3) is 0.200. The highest BCUT2D eigenvalue weighted by molar-refractivity contribution is 7.90. The number of amides is 1. The van der Waals surface area contributed by atoms with Gasteiger partial charge in [-0.05, 0) is 54.4 Å². The smallest absolute Gasteiger partial charge is 0.284 e. The maximum atomic E-state index is 13.1.